The van der Waals surface area contributed by atoms with Crippen molar-refractivity contribution in [3.8, 4) is 0 Å². The largest absolute Gasteiger partial charge is 0.396 e. The van der Waals surface area contributed by atoms with E-state index in [1.807, 2.05) is 0 Å². The number of aliphatic hydroxyl groups excluding tert-OH is 1. The van der Waals surface area contributed by atoms with Gasteiger partial charge in [-0.1, -0.05) is 0 Å². The fourth-order valence-electron chi connectivity index (χ4n) is 1.17. The third kappa shape index (κ3) is 1.20. The van der Waals surface area contributed by atoms with Crippen molar-refractivity contribution < 1.29 is 5.11 Å². The van der Waals surface area contributed by atoms with Crippen molar-refractivity contribution in [1.29, 1.82) is 0 Å². The van der Waals surface area contributed by atoms with Gasteiger partial charge in [0.25, 0.3) is 0 Å². The van der Waals surface area contributed by atoms with E-state index >= 15 is 0 Å². The molecule has 0 radical (unpaired) electrons. The van der Waals surface area contributed by atoms with Crippen molar-refractivity contribution in [2.75, 3.05) is 13.2 Å². The molecule has 1 fully saturated rings. The highest BCUT2D eigenvalue weighted by atomic mass is 16.3. The lowest BCUT2D eigenvalue weighted by atomic mass is 10.1. The molecule has 8 heavy (non-hydrogen) atoms. The van der Waals surface area contributed by atoms with Crippen LogP contribution in [-0.2, 0) is 0 Å². The highest BCUT2D eigenvalue weighted by Crippen LogP contribution is 2.11. The SMILES string of the molecule is C[C@@H]1C[C@H](CO)CN1. The van der Waals surface area contributed by atoms with Gasteiger partial charge in [0.05, 0.1) is 0 Å². The molecule has 2 atom stereocenters. The van der Waals surface area contributed by atoms with Crippen LogP contribution in [0.5, 0.6) is 0 Å². The van der Waals surface area contributed by atoms with Gasteiger partial charge in [-0.05, 0) is 19.3 Å². The van der Waals surface area contributed by atoms with E-state index in [-0.39, 0.29) is 0 Å². The zero-order valence-electron chi connectivity index (χ0n) is 5.22. The van der Waals surface area contributed by atoms with E-state index in [1.54, 1.807) is 0 Å². The van der Waals surface area contributed by atoms with Crippen LogP contribution in [0.2, 0.25) is 0 Å². The van der Waals surface area contributed by atoms with E-state index < -0.39 is 0 Å². The number of nitrogens with one attached hydrogen (secondary N) is 1. The third-order valence-corrected chi connectivity index (χ3v) is 1.70. The average molecular weight is 115 g/mol. The smallest absolute Gasteiger partial charge is 0.0471 e. The molecule has 1 rings (SSSR count). The topological polar surface area (TPSA) is 32.3 Å². The minimum atomic E-state index is 0.345. The highest BCUT2D eigenvalue weighted by Gasteiger charge is 2.18. The molecule has 0 spiro atoms. The molecule has 0 aromatic heterocycles. The molecule has 2 N–H and O–H groups in total. The van der Waals surface area contributed by atoms with Crippen LogP contribution in [0.15, 0.2) is 0 Å². The number of hydrogen-bond donors (Lipinski definition) is 2. The minimum Gasteiger partial charge on any atom is -0.396 e. The summed E-state index contributed by atoms with van der Waals surface area (Å²) in [6, 6.07) is 0.618. The van der Waals surface area contributed by atoms with E-state index in [9.17, 15) is 0 Å². The summed E-state index contributed by atoms with van der Waals surface area (Å²) >= 11 is 0. The Balaban J connectivity index is 2.22. The van der Waals surface area contributed by atoms with Gasteiger partial charge in [-0.15, -0.1) is 0 Å². The normalized spacial score (nSPS) is 38.2. The van der Waals surface area contributed by atoms with Crippen molar-refractivity contribution in [2.45, 2.75) is 19.4 Å². The van der Waals surface area contributed by atoms with Crippen molar-refractivity contribution in [2.24, 2.45) is 5.92 Å². The Hall–Kier alpha value is -0.0800. The molecule has 0 saturated carbocycles. The Morgan fingerprint density at radius 2 is 2.50 bits per heavy atom. The number of hydrogen-bond acceptors (Lipinski definition) is 2. The first-order valence-corrected chi connectivity index (χ1v) is 3.17. The van der Waals surface area contributed by atoms with Crippen LogP contribution < -0.4 is 5.32 Å². The van der Waals surface area contributed by atoms with E-state index in [0.717, 1.165) is 13.0 Å². The first-order valence-electron chi connectivity index (χ1n) is 3.17. The second-order valence-corrected chi connectivity index (χ2v) is 2.59. The van der Waals surface area contributed by atoms with Crippen LogP contribution in [0.4, 0.5) is 0 Å². The molecule has 1 heterocycles. The minimum absolute atomic E-state index is 0.345. The van der Waals surface area contributed by atoms with Crippen LogP contribution in [0.25, 0.3) is 0 Å². The van der Waals surface area contributed by atoms with Crippen molar-refractivity contribution in [3.05, 3.63) is 0 Å². The number of aliphatic hydroxyl groups is 1. The average Bonchev–Trinajstić information content (AvgIpc) is 2.14. The van der Waals surface area contributed by atoms with Gasteiger partial charge in [0.1, 0.15) is 0 Å². The molecule has 2 heteroatoms. The maximum absolute atomic E-state index is 8.64. The molecule has 48 valence electrons. The second-order valence-electron chi connectivity index (χ2n) is 2.59. The van der Waals surface area contributed by atoms with E-state index in [0.29, 0.717) is 18.6 Å². The summed E-state index contributed by atoms with van der Waals surface area (Å²) in [6.45, 7) is 3.49. The molecule has 0 unspecified atom stereocenters. The fraction of sp³-hybridized carbons (Fsp3) is 1.00. The number of rotatable bonds is 1. The zero-order valence-corrected chi connectivity index (χ0v) is 5.22. The van der Waals surface area contributed by atoms with Crippen molar-refractivity contribution in [1.82, 2.24) is 5.32 Å². The monoisotopic (exact) mass is 115 g/mol. The summed E-state index contributed by atoms with van der Waals surface area (Å²) in [5.41, 5.74) is 0. The van der Waals surface area contributed by atoms with Gasteiger partial charge < -0.3 is 10.4 Å². The second kappa shape index (κ2) is 2.46. The van der Waals surface area contributed by atoms with Gasteiger partial charge >= 0.3 is 0 Å². The van der Waals surface area contributed by atoms with Gasteiger partial charge in [-0.3, -0.25) is 0 Å². The molecule has 1 aliphatic heterocycles. The lowest BCUT2D eigenvalue weighted by molar-refractivity contribution is 0.236. The first kappa shape index (κ1) is 6.05. The predicted molar refractivity (Wildman–Crippen MR) is 32.7 cm³/mol. The molecule has 0 aromatic rings. The molecule has 0 aromatic carbocycles. The Morgan fingerprint density at radius 3 is 2.75 bits per heavy atom. The molecule has 1 aliphatic rings. The Kier molecular flexibility index (Phi) is 1.86. The summed E-state index contributed by atoms with van der Waals surface area (Å²) < 4.78 is 0. The lowest BCUT2D eigenvalue weighted by Crippen LogP contribution is -2.17. The standard InChI is InChI=1S/C6H13NO/c1-5-2-6(4-8)3-7-5/h5-8H,2-4H2,1H3/t5-,6+/m1/s1. The molecular formula is C6H13NO. The molecule has 0 bridgehead atoms. The van der Waals surface area contributed by atoms with Gasteiger partial charge in [-0.2, -0.15) is 0 Å². The highest BCUT2D eigenvalue weighted by molar-refractivity contribution is 4.76. The molecule has 0 aliphatic carbocycles. The summed E-state index contributed by atoms with van der Waals surface area (Å²) in [6.07, 6.45) is 1.14. The van der Waals surface area contributed by atoms with Crippen molar-refractivity contribution in [3.63, 3.8) is 0 Å². The van der Waals surface area contributed by atoms with Crippen LogP contribution >= 0.6 is 0 Å². The maximum Gasteiger partial charge on any atom is 0.0471 e. The van der Waals surface area contributed by atoms with Gasteiger partial charge in [0, 0.05) is 19.2 Å². The summed E-state index contributed by atoms with van der Waals surface area (Å²) in [5, 5.41) is 11.9. The van der Waals surface area contributed by atoms with E-state index in [4.69, 9.17) is 5.11 Å². The molecule has 2 nitrogen and oxygen atoms in total. The van der Waals surface area contributed by atoms with Gasteiger partial charge in [0.15, 0.2) is 0 Å². The Bertz CT molecular complexity index is 74.9. The van der Waals surface area contributed by atoms with Crippen LogP contribution in [0.1, 0.15) is 13.3 Å². The quantitative estimate of drug-likeness (QED) is 0.503. The molecule has 1 saturated heterocycles. The van der Waals surface area contributed by atoms with Crippen LogP contribution in [0, 0.1) is 5.92 Å². The zero-order chi connectivity index (χ0) is 5.98. The van der Waals surface area contributed by atoms with Crippen LogP contribution in [0.3, 0.4) is 0 Å². The Morgan fingerprint density at radius 1 is 1.75 bits per heavy atom. The predicted octanol–water partition coefficient (Wildman–Crippen LogP) is -0.0233. The van der Waals surface area contributed by atoms with Crippen molar-refractivity contribution >= 4 is 0 Å². The summed E-state index contributed by atoms with van der Waals surface area (Å²) in [5.74, 6) is 0.519. The lowest BCUT2D eigenvalue weighted by Gasteiger charge is -1.99. The third-order valence-electron chi connectivity index (χ3n) is 1.70. The molecular weight excluding hydrogens is 102 g/mol. The van der Waals surface area contributed by atoms with E-state index in [2.05, 4.69) is 12.2 Å². The molecule has 0 amide bonds. The fourth-order valence-corrected chi connectivity index (χ4v) is 1.17. The van der Waals surface area contributed by atoms with E-state index in [1.165, 1.54) is 0 Å². The maximum atomic E-state index is 8.64. The summed E-state index contributed by atoms with van der Waals surface area (Å²) in [7, 11) is 0. The Labute approximate surface area is 49.9 Å². The first-order chi connectivity index (χ1) is 3.83. The van der Waals surface area contributed by atoms with Gasteiger partial charge in [-0.25, -0.2) is 0 Å². The summed E-state index contributed by atoms with van der Waals surface area (Å²) in [4.78, 5) is 0. The van der Waals surface area contributed by atoms with Crippen LogP contribution in [-0.4, -0.2) is 24.3 Å². The van der Waals surface area contributed by atoms with Gasteiger partial charge in [0.2, 0.25) is 0 Å².